The quantitative estimate of drug-likeness (QED) is 0.538. The van der Waals surface area contributed by atoms with Crippen LogP contribution < -0.4 is 10.2 Å². The molecule has 0 saturated carbocycles. The number of carbonyl (C=O) groups excluding carboxylic acids is 2. The second kappa shape index (κ2) is 8.59. The number of hydrogen-bond acceptors (Lipinski definition) is 4. The van der Waals surface area contributed by atoms with Crippen LogP contribution in [0.4, 0.5) is 11.4 Å². The molecule has 0 aromatic heterocycles. The summed E-state index contributed by atoms with van der Waals surface area (Å²) in [6, 6.07) is 24.8. The maximum absolute atomic E-state index is 13.3. The average Bonchev–Trinajstić information content (AvgIpc) is 3.00. The smallest absolute Gasteiger partial charge is 0.283 e. The standard InChI is InChI=1S/C25H22N2O2S/c1-3-18-11-13-19(14-12-18)26-22-23(30-21-15-9-17(2)10-16-21)25(29)27(24(22)28)20-7-5-4-6-8-20/h4-16,26H,3H2,1-2H3. The van der Waals surface area contributed by atoms with Crippen LogP contribution in [0, 0.1) is 6.92 Å². The zero-order valence-electron chi connectivity index (χ0n) is 16.9. The summed E-state index contributed by atoms with van der Waals surface area (Å²) in [6.45, 7) is 4.11. The molecule has 0 atom stereocenters. The van der Waals surface area contributed by atoms with Gasteiger partial charge in [0.15, 0.2) is 0 Å². The number of imide groups is 1. The van der Waals surface area contributed by atoms with Gasteiger partial charge in [0, 0.05) is 10.6 Å². The first-order valence-corrected chi connectivity index (χ1v) is 10.7. The number of benzene rings is 3. The molecule has 0 spiro atoms. The third-order valence-electron chi connectivity index (χ3n) is 4.93. The second-order valence-corrected chi connectivity index (χ2v) is 8.16. The van der Waals surface area contributed by atoms with Gasteiger partial charge < -0.3 is 5.32 Å². The van der Waals surface area contributed by atoms with Gasteiger partial charge in [0.2, 0.25) is 0 Å². The van der Waals surface area contributed by atoms with E-state index in [9.17, 15) is 9.59 Å². The van der Waals surface area contributed by atoms with E-state index in [2.05, 4.69) is 12.2 Å². The van der Waals surface area contributed by atoms with Crippen molar-refractivity contribution in [2.24, 2.45) is 0 Å². The van der Waals surface area contributed by atoms with Crippen LogP contribution in [0.1, 0.15) is 18.1 Å². The first-order valence-electron chi connectivity index (χ1n) is 9.85. The minimum Gasteiger partial charge on any atom is -0.350 e. The van der Waals surface area contributed by atoms with E-state index >= 15 is 0 Å². The lowest BCUT2D eigenvalue weighted by Crippen LogP contribution is -2.32. The molecule has 1 aliphatic heterocycles. The molecule has 2 amide bonds. The van der Waals surface area contributed by atoms with E-state index in [4.69, 9.17) is 0 Å². The first kappa shape index (κ1) is 20.0. The summed E-state index contributed by atoms with van der Waals surface area (Å²) >= 11 is 1.31. The van der Waals surface area contributed by atoms with Gasteiger partial charge in [-0.15, -0.1) is 0 Å². The minimum absolute atomic E-state index is 0.304. The van der Waals surface area contributed by atoms with Gasteiger partial charge in [0.25, 0.3) is 11.8 Å². The van der Waals surface area contributed by atoms with Crippen molar-refractivity contribution in [3.8, 4) is 0 Å². The molecule has 3 aromatic rings. The van der Waals surface area contributed by atoms with Crippen LogP contribution in [0.3, 0.4) is 0 Å². The Morgan fingerprint density at radius 3 is 2.13 bits per heavy atom. The van der Waals surface area contributed by atoms with Gasteiger partial charge >= 0.3 is 0 Å². The normalized spacial score (nSPS) is 13.9. The Labute approximate surface area is 180 Å². The number of nitrogens with one attached hydrogen (secondary N) is 1. The summed E-state index contributed by atoms with van der Waals surface area (Å²) in [6.07, 6.45) is 0.941. The minimum atomic E-state index is -0.347. The van der Waals surface area contributed by atoms with Gasteiger partial charge in [-0.25, -0.2) is 4.90 Å². The monoisotopic (exact) mass is 414 g/mol. The molecule has 1 heterocycles. The number of aryl methyl sites for hydroxylation is 2. The lowest BCUT2D eigenvalue weighted by molar-refractivity contribution is -0.120. The van der Waals surface area contributed by atoms with Crippen LogP contribution >= 0.6 is 11.8 Å². The Hall–Kier alpha value is -3.31. The molecule has 3 aromatic carbocycles. The Morgan fingerprint density at radius 2 is 1.50 bits per heavy atom. The zero-order valence-corrected chi connectivity index (χ0v) is 17.7. The van der Waals surface area contributed by atoms with Crippen LogP contribution in [0.15, 0.2) is 94.4 Å². The summed E-state index contributed by atoms with van der Waals surface area (Å²) in [5.41, 5.74) is 4.00. The van der Waals surface area contributed by atoms with Crippen molar-refractivity contribution >= 4 is 35.0 Å². The van der Waals surface area contributed by atoms with Gasteiger partial charge in [-0.3, -0.25) is 9.59 Å². The van der Waals surface area contributed by atoms with Crippen LogP contribution in [0.2, 0.25) is 0 Å². The molecule has 4 nitrogen and oxygen atoms in total. The van der Waals surface area contributed by atoms with Crippen LogP contribution in [-0.4, -0.2) is 11.8 Å². The fourth-order valence-electron chi connectivity index (χ4n) is 3.22. The average molecular weight is 415 g/mol. The number of anilines is 2. The third kappa shape index (κ3) is 4.02. The summed E-state index contributed by atoms with van der Waals surface area (Å²) in [7, 11) is 0. The lowest BCUT2D eigenvalue weighted by atomic mass is 10.1. The molecule has 0 aliphatic carbocycles. The highest BCUT2D eigenvalue weighted by Gasteiger charge is 2.40. The Bertz CT molecular complexity index is 1100. The maximum atomic E-state index is 13.3. The molecule has 5 heteroatoms. The van der Waals surface area contributed by atoms with E-state index in [0.29, 0.717) is 16.3 Å². The first-order chi connectivity index (χ1) is 14.6. The summed E-state index contributed by atoms with van der Waals surface area (Å²) in [4.78, 5) is 29.1. The molecule has 0 unspecified atom stereocenters. The van der Waals surface area contributed by atoms with Crippen LogP contribution in [-0.2, 0) is 16.0 Å². The lowest BCUT2D eigenvalue weighted by Gasteiger charge is -2.15. The van der Waals surface area contributed by atoms with Crippen LogP contribution in [0.25, 0.3) is 0 Å². The summed E-state index contributed by atoms with van der Waals surface area (Å²) in [5, 5.41) is 3.20. The molecule has 30 heavy (non-hydrogen) atoms. The fraction of sp³-hybridized carbons (Fsp3) is 0.120. The van der Waals surface area contributed by atoms with E-state index in [-0.39, 0.29) is 11.8 Å². The van der Waals surface area contributed by atoms with Gasteiger partial charge in [-0.1, -0.05) is 66.7 Å². The highest BCUT2D eigenvalue weighted by molar-refractivity contribution is 8.04. The second-order valence-electron chi connectivity index (χ2n) is 7.08. The molecule has 0 saturated heterocycles. The predicted molar refractivity (Wildman–Crippen MR) is 122 cm³/mol. The molecule has 4 rings (SSSR count). The van der Waals surface area contributed by atoms with Crippen molar-refractivity contribution in [2.45, 2.75) is 25.2 Å². The van der Waals surface area contributed by atoms with Gasteiger partial charge in [0.1, 0.15) is 10.6 Å². The van der Waals surface area contributed by atoms with Crippen molar-refractivity contribution in [2.75, 3.05) is 10.2 Å². The number of rotatable bonds is 6. The molecule has 0 fully saturated rings. The van der Waals surface area contributed by atoms with Crippen molar-refractivity contribution in [3.05, 3.63) is 101 Å². The topological polar surface area (TPSA) is 49.4 Å². The summed E-state index contributed by atoms with van der Waals surface area (Å²) < 4.78 is 0. The molecular formula is C25H22N2O2S. The molecule has 1 aliphatic rings. The van der Waals surface area contributed by atoms with Gasteiger partial charge in [-0.05, 0) is 55.3 Å². The molecule has 1 N–H and O–H groups in total. The third-order valence-corrected chi connectivity index (χ3v) is 6.02. The SMILES string of the molecule is CCc1ccc(NC2=C(Sc3ccc(C)cc3)C(=O)N(c3ccccc3)C2=O)cc1. The van der Waals surface area contributed by atoms with Crippen LogP contribution in [0.5, 0.6) is 0 Å². The van der Waals surface area contributed by atoms with Gasteiger partial charge in [0.05, 0.1) is 5.69 Å². The van der Waals surface area contributed by atoms with Crippen molar-refractivity contribution in [1.82, 2.24) is 0 Å². The molecule has 0 bridgehead atoms. The maximum Gasteiger partial charge on any atom is 0.283 e. The number of thioether (sulfide) groups is 1. The van der Waals surface area contributed by atoms with Crippen molar-refractivity contribution < 1.29 is 9.59 Å². The van der Waals surface area contributed by atoms with E-state index in [0.717, 1.165) is 22.6 Å². The number of nitrogens with zero attached hydrogens (tertiary/aromatic N) is 1. The Balaban J connectivity index is 1.71. The molecular weight excluding hydrogens is 392 g/mol. The number of hydrogen-bond donors (Lipinski definition) is 1. The van der Waals surface area contributed by atoms with E-state index < -0.39 is 0 Å². The highest BCUT2D eigenvalue weighted by atomic mass is 32.2. The Kier molecular flexibility index (Phi) is 5.72. The number of para-hydroxylation sites is 1. The van der Waals surface area contributed by atoms with E-state index in [1.165, 1.54) is 22.2 Å². The number of amides is 2. The Morgan fingerprint density at radius 1 is 0.833 bits per heavy atom. The van der Waals surface area contributed by atoms with Gasteiger partial charge in [-0.2, -0.15) is 0 Å². The van der Waals surface area contributed by atoms with E-state index in [1.807, 2.05) is 73.7 Å². The molecule has 150 valence electrons. The van der Waals surface area contributed by atoms with E-state index in [1.54, 1.807) is 12.1 Å². The predicted octanol–water partition coefficient (Wildman–Crippen LogP) is 5.55. The summed E-state index contributed by atoms with van der Waals surface area (Å²) in [5.74, 6) is -0.662. The molecule has 0 radical (unpaired) electrons. The largest absolute Gasteiger partial charge is 0.350 e. The van der Waals surface area contributed by atoms with Crippen molar-refractivity contribution in [1.29, 1.82) is 0 Å². The number of carbonyl (C=O) groups is 2. The highest BCUT2D eigenvalue weighted by Crippen LogP contribution is 2.37. The zero-order chi connectivity index (χ0) is 21.1. The van der Waals surface area contributed by atoms with Crippen molar-refractivity contribution in [3.63, 3.8) is 0 Å². The fourth-order valence-corrected chi connectivity index (χ4v) is 4.15.